The molecule has 0 saturated heterocycles. The first-order valence-corrected chi connectivity index (χ1v) is 4.95. The number of rotatable bonds is 2. The summed E-state index contributed by atoms with van der Waals surface area (Å²) in [6.45, 7) is -0.255. The number of methoxy groups -OCH3 is 1. The maximum atomic E-state index is 11.6. The minimum atomic E-state index is -0.563. The third kappa shape index (κ3) is 2.06. The quantitative estimate of drug-likeness (QED) is 0.792. The van der Waals surface area contributed by atoms with E-state index in [1.807, 2.05) is 6.07 Å². The van der Waals surface area contributed by atoms with Gasteiger partial charge in [-0.3, -0.25) is 4.57 Å². The van der Waals surface area contributed by atoms with Crippen LogP contribution in [0.2, 0.25) is 0 Å². The molecule has 0 aliphatic rings. The highest BCUT2D eigenvalue weighted by Gasteiger charge is 2.10. The summed E-state index contributed by atoms with van der Waals surface area (Å²) in [5, 5.41) is 9.21. The number of aromatic nitrogens is 1. The van der Waals surface area contributed by atoms with E-state index >= 15 is 0 Å². The van der Waals surface area contributed by atoms with E-state index in [0.29, 0.717) is 5.52 Å². The number of ether oxygens (including phenoxy) is 2. The van der Waals surface area contributed by atoms with Crippen molar-refractivity contribution in [3.63, 3.8) is 0 Å². The van der Waals surface area contributed by atoms with Crippen molar-refractivity contribution in [2.24, 2.45) is 0 Å². The topological polar surface area (TPSA) is 64.2 Å². The fourth-order valence-electron chi connectivity index (χ4n) is 1.57. The molecule has 0 atom stereocenters. The first kappa shape index (κ1) is 11.0. The predicted molar refractivity (Wildman–Crippen MR) is 60.8 cm³/mol. The lowest BCUT2D eigenvalue weighted by Gasteiger charge is -2.04. The molecule has 0 saturated carbocycles. The number of benzene rings is 1. The highest BCUT2D eigenvalue weighted by Crippen LogP contribution is 2.21. The fraction of sp³-hybridized carbons (Fsp3) is 0.167. The van der Waals surface area contributed by atoms with Gasteiger partial charge >= 0.3 is 6.09 Å². The zero-order chi connectivity index (χ0) is 12.3. The lowest BCUT2D eigenvalue weighted by Crippen LogP contribution is -2.12. The largest absolute Gasteiger partial charge is 0.497 e. The lowest BCUT2D eigenvalue weighted by atomic mass is 10.2. The monoisotopic (exact) mass is 230 g/mol. The standard InChI is InChI=1S/C12H10N2O3/c1-16-10-2-3-11-9(8-10)4-6-14(11)12(15)17-7-5-13/h2-4,6,8H,7H2,1H3. The molecule has 2 rings (SSSR count). The smallest absolute Gasteiger partial charge is 0.419 e. The molecule has 2 aromatic rings. The minimum absolute atomic E-state index is 0.255. The van der Waals surface area contributed by atoms with Crippen LogP contribution in [0, 0.1) is 11.3 Å². The minimum Gasteiger partial charge on any atom is -0.497 e. The number of nitrogens with zero attached hydrogens (tertiary/aromatic N) is 2. The van der Waals surface area contributed by atoms with Gasteiger partial charge in [-0.25, -0.2) is 4.79 Å². The Morgan fingerprint density at radius 3 is 3.00 bits per heavy atom. The van der Waals surface area contributed by atoms with E-state index in [9.17, 15) is 4.79 Å². The Hall–Kier alpha value is -2.48. The van der Waals surface area contributed by atoms with Crippen molar-refractivity contribution < 1.29 is 14.3 Å². The van der Waals surface area contributed by atoms with Gasteiger partial charge in [-0.2, -0.15) is 5.26 Å². The van der Waals surface area contributed by atoms with E-state index in [1.165, 1.54) is 4.57 Å². The summed E-state index contributed by atoms with van der Waals surface area (Å²) < 4.78 is 11.2. The van der Waals surface area contributed by atoms with Gasteiger partial charge in [0.2, 0.25) is 0 Å². The van der Waals surface area contributed by atoms with Crippen molar-refractivity contribution >= 4 is 17.0 Å². The second-order valence-electron chi connectivity index (χ2n) is 3.32. The highest BCUT2D eigenvalue weighted by atomic mass is 16.5. The molecule has 0 bridgehead atoms. The van der Waals surface area contributed by atoms with Crippen molar-refractivity contribution in [1.29, 1.82) is 5.26 Å². The van der Waals surface area contributed by atoms with E-state index in [-0.39, 0.29) is 6.61 Å². The van der Waals surface area contributed by atoms with Crippen molar-refractivity contribution in [1.82, 2.24) is 4.57 Å². The maximum absolute atomic E-state index is 11.6. The van der Waals surface area contributed by atoms with E-state index in [0.717, 1.165) is 11.1 Å². The zero-order valence-corrected chi connectivity index (χ0v) is 9.21. The average molecular weight is 230 g/mol. The molecule has 1 heterocycles. The van der Waals surface area contributed by atoms with Crippen LogP contribution in [-0.2, 0) is 4.74 Å². The summed E-state index contributed by atoms with van der Waals surface area (Å²) in [6, 6.07) is 8.88. The number of hydrogen-bond acceptors (Lipinski definition) is 4. The Kier molecular flexibility index (Phi) is 2.97. The van der Waals surface area contributed by atoms with Gasteiger partial charge in [-0.15, -0.1) is 0 Å². The summed E-state index contributed by atoms with van der Waals surface area (Å²) in [4.78, 5) is 11.6. The first-order chi connectivity index (χ1) is 8.26. The van der Waals surface area contributed by atoms with Gasteiger partial charge < -0.3 is 9.47 Å². The molecule has 0 amide bonds. The Labute approximate surface area is 97.8 Å². The van der Waals surface area contributed by atoms with Gasteiger partial charge in [0.15, 0.2) is 6.61 Å². The molecule has 5 heteroatoms. The van der Waals surface area contributed by atoms with Crippen molar-refractivity contribution in [2.45, 2.75) is 0 Å². The van der Waals surface area contributed by atoms with Gasteiger partial charge in [0, 0.05) is 11.6 Å². The number of carbonyl (C=O) groups is 1. The number of hydrogen-bond donors (Lipinski definition) is 0. The summed E-state index contributed by atoms with van der Waals surface area (Å²) in [5.41, 5.74) is 0.716. The van der Waals surface area contributed by atoms with Crippen LogP contribution in [0.4, 0.5) is 4.79 Å². The van der Waals surface area contributed by atoms with E-state index in [2.05, 4.69) is 0 Å². The van der Waals surface area contributed by atoms with Gasteiger partial charge in [-0.1, -0.05) is 0 Å². The molecule has 0 spiro atoms. The van der Waals surface area contributed by atoms with Crippen LogP contribution < -0.4 is 4.74 Å². The average Bonchev–Trinajstić information content (AvgIpc) is 2.78. The third-order valence-corrected chi connectivity index (χ3v) is 2.35. The van der Waals surface area contributed by atoms with Crippen LogP contribution in [-0.4, -0.2) is 24.4 Å². The Morgan fingerprint density at radius 1 is 1.47 bits per heavy atom. The second-order valence-corrected chi connectivity index (χ2v) is 3.32. The van der Waals surface area contributed by atoms with Crippen molar-refractivity contribution in [3.8, 4) is 11.8 Å². The van der Waals surface area contributed by atoms with E-state index in [1.54, 1.807) is 37.6 Å². The molecule has 1 aromatic carbocycles. The number of fused-ring (bicyclic) bond motifs is 1. The predicted octanol–water partition coefficient (Wildman–Crippen LogP) is 2.16. The normalized spacial score (nSPS) is 9.88. The molecule has 86 valence electrons. The summed E-state index contributed by atoms with van der Waals surface area (Å²) in [7, 11) is 1.58. The van der Waals surface area contributed by atoms with Crippen LogP contribution in [0.5, 0.6) is 5.75 Å². The lowest BCUT2D eigenvalue weighted by molar-refractivity contribution is 0.162. The molecule has 0 aliphatic heterocycles. The molecule has 0 fully saturated rings. The highest BCUT2D eigenvalue weighted by molar-refractivity contribution is 5.90. The Bertz CT molecular complexity index is 595. The fourth-order valence-corrected chi connectivity index (χ4v) is 1.57. The molecule has 0 aliphatic carbocycles. The van der Waals surface area contributed by atoms with Crippen molar-refractivity contribution in [2.75, 3.05) is 13.7 Å². The zero-order valence-electron chi connectivity index (χ0n) is 9.21. The summed E-state index contributed by atoms with van der Waals surface area (Å²) in [6.07, 6.45) is 1.04. The molecule has 5 nitrogen and oxygen atoms in total. The first-order valence-electron chi connectivity index (χ1n) is 4.95. The van der Waals surface area contributed by atoms with Crippen LogP contribution in [0.3, 0.4) is 0 Å². The van der Waals surface area contributed by atoms with Crippen LogP contribution in [0.15, 0.2) is 30.5 Å². The van der Waals surface area contributed by atoms with Gasteiger partial charge in [0.25, 0.3) is 0 Å². The van der Waals surface area contributed by atoms with Crippen molar-refractivity contribution in [3.05, 3.63) is 30.5 Å². The molecular formula is C12H10N2O3. The number of nitriles is 1. The molecule has 0 unspecified atom stereocenters. The summed E-state index contributed by atoms with van der Waals surface area (Å²) >= 11 is 0. The van der Waals surface area contributed by atoms with Crippen LogP contribution in [0.25, 0.3) is 10.9 Å². The molecule has 0 N–H and O–H groups in total. The molecule has 0 radical (unpaired) electrons. The molecular weight excluding hydrogens is 220 g/mol. The van der Waals surface area contributed by atoms with Crippen LogP contribution in [0.1, 0.15) is 0 Å². The second kappa shape index (κ2) is 4.58. The van der Waals surface area contributed by atoms with E-state index in [4.69, 9.17) is 14.7 Å². The van der Waals surface area contributed by atoms with E-state index < -0.39 is 6.09 Å². The maximum Gasteiger partial charge on any atom is 0.419 e. The Morgan fingerprint density at radius 2 is 2.29 bits per heavy atom. The van der Waals surface area contributed by atoms with Gasteiger partial charge in [0.1, 0.15) is 11.8 Å². The summed E-state index contributed by atoms with van der Waals surface area (Å²) in [5.74, 6) is 0.723. The van der Waals surface area contributed by atoms with Gasteiger partial charge in [0.05, 0.1) is 12.6 Å². The third-order valence-electron chi connectivity index (χ3n) is 2.35. The van der Waals surface area contributed by atoms with Gasteiger partial charge in [-0.05, 0) is 24.3 Å². The number of carbonyl (C=O) groups excluding carboxylic acids is 1. The molecule has 1 aromatic heterocycles. The Balaban J connectivity index is 2.37. The van der Waals surface area contributed by atoms with Crippen LogP contribution >= 0.6 is 0 Å². The molecule has 17 heavy (non-hydrogen) atoms. The SMILES string of the molecule is COc1ccc2c(ccn2C(=O)OCC#N)c1.